The number of halogens is 3. The summed E-state index contributed by atoms with van der Waals surface area (Å²) in [6.07, 6.45) is 1.72. The molecule has 0 amide bonds. The van der Waals surface area contributed by atoms with E-state index in [0.29, 0.717) is 4.47 Å². The maximum absolute atomic E-state index is 12.8. The minimum absolute atomic E-state index is 0.136. The number of alkyl halides is 1. The van der Waals surface area contributed by atoms with Crippen LogP contribution < -0.4 is 0 Å². The van der Waals surface area contributed by atoms with E-state index in [0.717, 1.165) is 18.4 Å². The third-order valence-corrected chi connectivity index (χ3v) is 2.95. The molecule has 0 aromatic heterocycles. The van der Waals surface area contributed by atoms with Crippen LogP contribution in [0, 0.1) is 5.82 Å². The zero-order valence-electron chi connectivity index (χ0n) is 7.36. The van der Waals surface area contributed by atoms with Crippen LogP contribution in [0.15, 0.2) is 22.7 Å². The molecule has 0 saturated heterocycles. The largest absolute Gasteiger partial charge is 0.206 e. The molecule has 0 nitrogen and oxygen atoms in total. The molecule has 1 aromatic carbocycles. The average Bonchev–Trinajstić information content (AvgIpc) is 2.11. The Morgan fingerprint density at radius 2 is 2.23 bits per heavy atom. The molecule has 3 heteroatoms. The zero-order valence-corrected chi connectivity index (χ0v) is 9.70. The topological polar surface area (TPSA) is 0 Å². The van der Waals surface area contributed by atoms with Crippen LogP contribution in [-0.4, -0.2) is 5.38 Å². The van der Waals surface area contributed by atoms with Crippen molar-refractivity contribution in [3.8, 4) is 0 Å². The smallest absolute Gasteiger partial charge is 0.137 e. The quantitative estimate of drug-likeness (QED) is 0.720. The molecule has 0 heterocycles. The molecule has 0 aliphatic heterocycles. The first-order valence-corrected chi connectivity index (χ1v) is 5.44. The second-order valence-corrected chi connectivity index (χ2v) is 4.43. The Morgan fingerprint density at radius 3 is 2.77 bits per heavy atom. The van der Waals surface area contributed by atoms with E-state index in [4.69, 9.17) is 11.6 Å². The van der Waals surface area contributed by atoms with Crippen molar-refractivity contribution in [1.82, 2.24) is 0 Å². The number of rotatable bonds is 3. The van der Waals surface area contributed by atoms with E-state index in [2.05, 4.69) is 15.9 Å². The summed E-state index contributed by atoms with van der Waals surface area (Å²) < 4.78 is 13.3. The maximum Gasteiger partial charge on any atom is 0.137 e. The lowest BCUT2D eigenvalue weighted by Gasteiger charge is -2.06. The first kappa shape index (κ1) is 11.0. The molecule has 0 fully saturated rings. The minimum atomic E-state index is -0.230. The molecule has 0 bridgehead atoms. The molecule has 0 aliphatic rings. The molecule has 1 rings (SSSR count). The summed E-state index contributed by atoms with van der Waals surface area (Å²) in [5, 5.41) is 0.136. The molecular formula is C10H11BrClF. The summed E-state index contributed by atoms with van der Waals surface area (Å²) in [5.74, 6) is -0.230. The van der Waals surface area contributed by atoms with Gasteiger partial charge in [0.2, 0.25) is 0 Å². The normalized spacial score (nSPS) is 12.9. The molecule has 1 aromatic rings. The Hall–Kier alpha value is -0.0800. The maximum atomic E-state index is 12.8. The predicted octanol–water partition coefficient (Wildman–Crippen LogP) is 4.15. The second-order valence-electron chi connectivity index (χ2n) is 2.96. The molecule has 0 saturated carbocycles. The van der Waals surface area contributed by atoms with E-state index in [1.807, 2.05) is 6.92 Å². The Morgan fingerprint density at radius 1 is 1.54 bits per heavy atom. The van der Waals surface area contributed by atoms with Crippen LogP contribution in [0.2, 0.25) is 0 Å². The SMILES string of the molecule is CCC(Cl)Cc1ccc(F)c(Br)c1. The van der Waals surface area contributed by atoms with Crippen molar-refractivity contribution in [3.63, 3.8) is 0 Å². The summed E-state index contributed by atoms with van der Waals surface area (Å²) >= 11 is 9.12. The summed E-state index contributed by atoms with van der Waals surface area (Å²) in [7, 11) is 0. The van der Waals surface area contributed by atoms with Gasteiger partial charge in [0.05, 0.1) is 4.47 Å². The molecule has 0 N–H and O–H groups in total. The summed E-state index contributed by atoms with van der Waals surface area (Å²) in [6, 6.07) is 5.00. The van der Waals surface area contributed by atoms with E-state index >= 15 is 0 Å². The summed E-state index contributed by atoms with van der Waals surface area (Å²) in [4.78, 5) is 0. The van der Waals surface area contributed by atoms with Crippen LogP contribution in [0.3, 0.4) is 0 Å². The predicted molar refractivity (Wildman–Crippen MR) is 57.7 cm³/mol. The fourth-order valence-corrected chi connectivity index (χ4v) is 1.67. The van der Waals surface area contributed by atoms with Crippen molar-refractivity contribution >= 4 is 27.5 Å². The monoisotopic (exact) mass is 264 g/mol. The fraction of sp³-hybridized carbons (Fsp3) is 0.400. The van der Waals surface area contributed by atoms with Gasteiger partial charge in [-0.2, -0.15) is 0 Å². The zero-order chi connectivity index (χ0) is 9.84. The average molecular weight is 266 g/mol. The van der Waals surface area contributed by atoms with Gasteiger partial charge in [-0.3, -0.25) is 0 Å². The standard InChI is InChI=1S/C10H11BrClF/c1-2-8(12)5-7-3-4-10(13)9(11)6-7/h3-4,6,8H,2,5H2,1H3. The van der Waals surface area contributed by atoms with E-state index in [1.54, 1.807) is 12.1 Å². The van der Waals surface area contributed by atoms with Gasteiger partial charge >= 0.3 is 0 Å². The van der Waals surface area contributed by atoms with Gasteiger partial charge in [-0.05, 0) is 46.5 Å². The van der Waals surface area contributed by atoms with Gasteiger partial charge in [0, 0.05) is 5.38 Å². The molecular weight excluding hydrogens is 254 g/mol. The van der Waals surface area contributed by atoms with Crippen molar-refractivity contribution in [2.75, 3.05) is 0 Å². The van der Waals surface area contributed by atoms with Gasteiger partial charge in [-0.25, -0.2) is 4.39 Å². The van der Waals surface area contributed by atoms with Crippen LogP contribution in [0.5, 0.6) is 0 Å². The Kier molecular flexibility index (Phi) is 4.20. The number of hydrogen-bond donors (Lipinski definition) is 0. The summed E-state index contributed by atoms with van der Waals surface area (Å²) in [5.41, 5.74) is 1.06. The molecule has 1 unspecified atom stereocenters. The van der Waals surface area contributed by atoms with Crippen LogP contribution in [0.1, 0.15) is 18.9 Å². The Balaban J connectivity index is 2.73. The highest BCUT2D eigenvalue weighted by molar-refractivity contribution is 9.10. The highest BCUT2D eigenvalue weighted by atomic mass is 79.9. The van der Waals surface area contributed by atoms with Gasteiger partial charge in [0.15, 0.2) is 0 Å². The van der Waals surface area contributed by atoms with E-state index < -0.39 is 0 Å². The van der Waals surface area contributed by atoms with Crippen LogP contribution in [-0.2, 0) is 6.42 Å². The van der Waals surface area contributed by atoms with Crippen LogP contribution >= 0.6 is 27.5 Å². The molecule has 13 heavy (non-hydrogen) atoms. The van der Waals surface area contributed by atoms with Crippen LogP contribution in [0.25, 0.3) is 0 Å². The lowest BCUT2D eigenvalue weighted by atomic mass is 10.1. The molecule has 1 atom stereocenters. The molecule has 0 radical (unpaired) electrons. The lowest BCUT2D eigenvalue weighted by Crippen LogP contribution is -2.01. The molecule has 0 aliphatic carbocycles. The first-order chi connectivity index (χ1) is 6.13. The fourth-order valence-electron chi connectivity index (χ4n) is 1.07. The van der Waals surface area contributed by atoms with Gasteiger partial charge in [-0.15, -0.1) is 11.6 Å². The molecule has 0 spiro atoms. The van der Waals surface area contributed by atoms with Crippen molar-refractivity contribution in [2.45, 2.75) is 25.1 Å². The highest BCUT2D eigenvalue weighted by Crippen LogP contribution is 2.19. The first-order valence-electron chi connectivity index (χ1n) is 4.21. The van der Waals surface area contributed by atoms with Crippen LogP contribution in [0.4, 0.5) is 4.39 Å². The van der Waals surface area contributed by atoms with Crippen molar-refractivity contribution < 1.29 is 4.39 Å². The number of hydrogen-bond acceptors (Lipinski definition) is 0. The second kappa shape index (κ2) is 4.97. The number of benzene rings is 1. The lowest BCUT2D eigenvalue weighted by molar-refractivity contribution is 0.619. The van der Waals surface area contributed by atoms with Gasteiger partial charge in [0.25, 0.3) is 0 Å². The van der Waals surface area contributed by atoms with Gasteiger partial charge in [-0.1, -0.05) is 13.0 Å². The molecule has 72 valence electrons. The van der Waals surface area contributed by atoms with E-state index in [9.17, 15) is 4.39 Å². The minimum Gasteiger partial charge on any atom is -0.206 e. The van der Waals surface area contributed by atoms with Gasteiger partial charge in [0.1, 0.15) is 5.82 Å². The van der Waals surface area contributed by atoms with Crippen molar-refractivity contribution in [2.24, 2.45) is 0 Å². The third-order valence-electron chi connectivity index (χ3n) is 1.88. The van der Waals surface area contributed by atoms with Gasteiger partial charge < -0.3 is 0 Å². The van der Waals surface area contributed by atoms with E-state index in [1.165, 1.54) is 6.07 Å². The van der Waals surface area contributed by atoms with Crippen molar-refractivity contribution in [1.29, 1.82) is 0 Å². The van der Waals surface area contributed by atoms with Crippen molar-refractivity contribution in [3.05, 3.63) is 34.1 Å². The highest BCUT2D eigenvalue weighted by Gasteiger charge is 2.05. The summed E-state index contributed by atoms with van der Waals surface area (Å²) in [6.45, 7) is 2.04. The Bertz CT molecular complexity index is 288. The third kappa shape index (κ3) is 3.28. The Labute approximate surface area is 91.2 Å². The van der Waals surface area contributed by atoms with E-state index in [-0.39, 0.29) is 11.2 Å².